The maximum absolute atomic E-state index is 12.4. The Balaban J connectivity index is 2.30. The van der Waals surface area contributed by atoms with Crippen LogP contribution in [0, 0.1) is 13.8 Å². The molecule has 0 saturated heterocycles. The zero-order chi connectivity index (χ0) is 17.9. The molecule has 0 aliphatic carbocycles. The van der Waals surface area contributed by atoms with Crippen molar-refractivity contribution in [1.29, 1.82) is 0 Å². The lowest BCUT2D eigenvalue weighted by Gasteiger charge is -2.16. The molecule has 7 nitrogen and oxygen atoms in total. The third-order valence-corrected chi connectivity index (χ3v) is 3.67. The summed E-state index contributed by atoms with van der Waals surface area (Å²) in [5.41, 5.74) is 1.01. The molecule has 0 fully saturated rings. The monoisotopic (exact) mass is 349 g/mol. The minimum absolute atomic E-state index is 0.214. The number of nitrogens with one attached hydrogen (secondary N) is 1. The molecule has 126 valence electrons. The first kappa shape index (κ1) is 17.7. The van der Waals surface area contributed by atoms with Crippen LogP contribution >= 0.6 is 11.6 Å². The highest BCUT2D eigenvalue weighted by atomic mass is 35.5. The van der Waals surface area contributed by atoms with E-state index in [0.29, 0.717) is 22.8 Å². The molecule has 0 spiro atoms. The summed E-state index contributed by atoms with van der Waals surface area (Å²) in [5.74, 6) is -0.846. The van der Waals surface area contributed by atoms with Gasteiger partial charge in [-0.05, 0) is 31.5 Å². The van der Waals surface area contributed by atoms with Crippen molar-refractivity contribution in [1.82, 2.24) is 15.3 Å². The van der Waals surface area contributed by atoms with E-state index < -0.39 is 17.9 Å². The summed E-state index contributed by atoms with van der Waals surface area (Å²) in [6, 6.07) is 3.25. The van der Waals surface area contributed by atoms with Crippen molar-refractivity contribution in [2.24, 2.45) is 0 Å². The van der Waals surface area contributed by atoms with E-state index in [2.05, 4.69) is 15.3 Å². The minimum atomic E-state index is -1.26. The van der Waals surface area contributed by atoms with Gasteiger partial charge in [-0.3, -0.25) is 4.79 Å². The summed E-state index contributed by atoms with van der Waals surface area (Å²) in [7, 11) is 1.46. The zero-order valence-corrected chi connectivity index (χ0v) is 14.1. The summed E-state index contributed by atoms with van der Waals surface area (Å²) in [5, 5.41) is 12.1. The number of benzene rings is 1. The molecule has 1 aromatic heterocycles. The Morgan fingerprint density at radius 1 is 1.33 bits per heavy atom. The predicted octanol–water partition coefficient (Wildman–Crippen LogP) is 2.31. The fraction of sp³-hybridized carbons (Fsp3) is 0.250. The SMILES string of the molecule is COc1ccc([C@@H](NC(=O)c2cnc(C)nc2C)C(=O)O)cc1Cl. The summed E-state index contributed by atoms with van der Waals surface area (Å²) in [6.45, 7) is 3.36. The topological polar surface area (TPSA) is 101 Å². The molecule has 1 atom stereocenters. The van der Waals surface area contributed by atoms with Gasteiger partial charge in [0, 0.05) is 6.20 Å². The number of carboxylic acid groups (broad SMARTS) is 1. The highest BCUT2D eigenvalue weighted by molar-refractivity contribution is 6.32. The molecule has 0 unspecified atom stereocenters. The number of carbonyl (C=O) groups is 2. The van der Waals surface area contributed by atoms with E-state index in [1.165, 1.54) is 25.4 Å². The second-order valence-electron chi connectivity index (χ2n) is 5.05. The number of nitrogens with zero attached hydrogens (tertiary/aromatic N) is 2. The molecule has 24 heavy (non-hydrogen) atoms. The summed E-state index contributed by atoms with van der Waals surface area (Å²) in [6.07, 6.45) is 1.37. The maximum atomic E-state index is 12.4. The van der Waals surface area contributed by atoms with Crippen molar-refractivity contribution in [2.75, 3.05) is 7.11 Å². The fourth-order valence-corrected chi connectivity index (χ4v) is 2.43. The predicted molar refractivity (Wildman–Crippen MR) is 87.4 cm³/mol. The molecule has 2 rings (SSSR count). The minimum Gasteiger partial charge on any atom is -0.495 e. The number of halogens is 1. The zero-order valence-electron chi connectivity index (χ0n) is 13.3. The molecular formula is C16H16ClN3O4. The third-order valence-electron chi connectivity index (χ3n) is 3.38. The number of ether oxygens (including phenoxy) is 1. The van der Waals surface area contributed by atoms with E-state index in [1.54, 1.807) is 19.9 Å². The van der Waals surface area contributed by atoms with Gasteiger partial charge < -0.3 is 15.2 Å². The average molecular weight is 350 g/mol. The lowest BCUT2D eigenvalue weighted by Crippen LogP contribution is -2.34. The van der Waals surface area contributed by atoms with Gasteiger partial charge in [-0.15, -0.1) is 0 Å². The van der Waals surface area contributed by atoms with E-state index >= 15 is 0 Å². The van der Waals surface area contributed by atoms with Crippen LogP contribution in [0.2, 0.25) is 5.02 Å². The Morgan fingerprint density at radius 2 is 2.04 bits per heavy atom. The molecule has 0 bridgehead atoms. The van der Waals surface area contributed by atoms with Gasteiger partial charge in [0.1, 0.15) is 11.6 Å². The van der Waals surface area contributed by atoms with Gasteiger partial charge >= 0.3 is 5.97 Å². The van der Waals surface area contributed by atoms with Crippen LogP contribution in [0.1, 0.15) is 33.5 Å². The van der Waals surface area contributed by atoms with Gasteiger partial charge in [0.15, 0.2) is 6.04 Å². The molecule has 1 aromatic carbocycles. The van der Waals surface area contributed by atoms with Gasteiger partial charge in [-0.25, -0.2) is 14.8 Å². The Bertz CT molecular complexity index is 795. The normalized spacial score (nSPS) is 11.7. The van der Waals surface area contributed by atoms with E-state index in [9.17, 15) is 14.7 Å². The van der Waals surface area contributed by atoms with Crippen molar-refractivity contribution >= 4 is 23.5 Å². The molecule has 1 heterocycles. The first-order chi connectivity index (χ1) is 11.3. The fourth-order valence-electron chi connectivity index (χ4n) is 2.16. The molecule has 0 saturated carbocycles. The standard InChI is InChI=1S/C16H16ClN3O4/c1-8-11(7-18-9(2)19-8)15(21)20-14(16(22)23)10-4-5-13(24-3)12(17)6-10/h4-7,14H,1-3H3,(H,20,21)(H,22,23)/t14-/m1/s1. The molecular weight excluding hydrogens is 334 g/mol. The number of carbonyl (C=O) groups excluding carboxylic acids is 1. The molecule has 2 aromatic rings. The Morgan fingerprint density at radius 3 is 2.58 bits per heavy atom. The van der Waals surface area contributed by atoms with Crippen LogP contribution in [0.4, 0.5) is 0 Å². The second kappa shape index (κ2) is 7.27. The average Bonchev–Trinajstić information content (AvgIpc) is 2.52. The van der Waals surface area contributed by atoms with Gasteiger partial charge in [0.2, 0.25) is 0 Å². The van der Waals surface area contributed by atoms with Crippen molar-refractivity contribution in [2.45, 2.75) is 19.9 Å². The Hall–Kier alpha value is -2.67. The highest BCUT2D eigenvalue weighted by Crippen LogP contribution is 2.28. The Labute approximate surface area is 143 Å². The van der Waals surface area contributed by atoms with Crippen LogP contribution in [-0.2, 0) is 4.79 Å². The van der Waals surface area contributed by atoms with Gasteiger partial charge in [-0.2, -0.15) is 0 Å². The smallest absolute Gasteiger partial charge is 0.330 e. The van der Waals surface area contributed by atoms with E-state index in [1.807, 2.05) is 0 Å². The van der Waals surface area contributed by atoms with Gasteiger partial charge in [0.25, 0.3) is 5.91 Å². The van der Waals surface area contributed by atoms with Crippen LogP contribution in [-0.4, -0.2) is 34.1 Å². The molecule has 0 aliphatic heterocycles. The van der Waals surface area contributed by atoms with Crippen LogP contribution in [0.5, 0.6) is 5.75 Å². The molecule has 0 aliphatic rings. The summed E-state index contributed by atoms with van der Waals surface area (Å²) < 4.78 is 5.03. The van der Waals surface area contributed by atoms with Gasteiger partial charge in [-0.1, -0.05) is 17.7 Å². The van der Waals surface area contributed by atoms with E-state index in [4.69, 9.17) is 16.3 Å². The number of hydrogen-bond acceptors (Lipinski definition) is 5. The van der Waals surface area contributed by atoms with Crippen LogP contribution in [0.15, 0.2) is 24.4 Å². The molecule has 2 N–H and O–H groups in total. The molecule has 1 amide bonds. The van der Waals surface area contributed by atoms with Crippen LogP contribution in [0.3, 0.4) is 0 Å². The number of rotatable bonds is 5. The molecule has 0 radical (unpaired) electrons. The van der Waals surface area contributed by atoms with Crippen molar-refractivity contribution < 1.29 is 19.4 Å². The number of carboxylic acids is 1. The quantitative estimate of drug-likeness (QED) is 0.858. The number of methoxy groups -OCH3 is 1. The lowest BCUT2D eigenvalue weighted by molar-refractivity contribution is -0.139. The van der Waals surface area contributed by atoms with Crippen molar-refractivity contribution in [3.63, 3.8) is 0 Å². The number of aliphatic carboxylic acids is 1. The third kappa shape index (κ3) is 3.80. The number of aromatic nitrogens is 2. The number of hydrogen-bond donors (Lipinski definition) is 2. The maximum Gasteiger partial charge on any atom is 0.330 e. The van der Waals surface area contributed by atoms with Crippen LogP contribution in [0.25, 0.3) is 0 Å². The largest absolute Gasteiger partial charge is 0.495 e. The summed E-state index contributed by atoms with van der Waals surface area (Å²) >= 11 is 6.02. The molecule has 8 heteroatoms. The van der Waals surface area contributed by atoms with Crippen molar-refractivity contribution in [3.8, 4) is 5.75 Å². The van der Waals surface area contributed by atoms with Gasteiger partial charge in [0.05, 0.1) is 23.4 Å². The Kier molecular flexibility index (Phi) is 5.35. The number of aryl methyl sites for hydroxylation is 2. The first-order valence-electron chi connectivity index (χ1n) is 7.00. The van der Waals surface area contributed by atoms with E-state index in [0.717, 1.165) is 0 Å². The van der Waals surface area contributed by atoms with E-state index in [-0.39, 0.29) is 10.6 Å². The highest BCUT2D eigenvalue weighted by Gasteiger charge is 2.24. The number of amides is 1. The van der Waals surface area contributed by atoms with Crippen LogP contribution < -0.4 is 10.1 Å². The first-order valence-corrected chi connectivity index (χ1v) is 7.38. The lowest BCUT2D eigenvalue weighted by atomic mass is 10.1. The van der Waals surface area contributed by atoms with Crippen molar-refractivity contribution in [3.05, 3.63) is 52.1 Å². The second-order valence-corrected chi connectivity index (χ2v) is 5.46. The summed E-state index contributed by atoms with van der Waals surface area (Å²) in [4.78, 5) is 32.0.